The Morgan fingerprint density at radius 3 is 2.06 bits per heavy atom. The second-order valence-corrected chi connectivity index (χ2v) is 6.41. The monoisotopic (exact) mass is 240 g/mol. The Balaban J connectivity index is 1.49. The van der Waals surface area contributed by atoms with Crippen molar-refractivity contribution < 1.29 is 4.79 Å². The lowest BCUT2D eigenvalue weighted by Crippen LogP contribution is -2.18. The zero-order valence-corrected chi connectivity index (χ0v) is 10.8. The van der Waals surface area contributed by atoms with Crippen molar-refractivity contribution >= 4 is 5.78 Å². The summed E-state index contributed by atoms with van der Waals surface area (Å²) in [6.45, 7) is 0. The van der Waals surface area contributed by atoms with E-state index in [0.717, 1.165) is 24.7 Å². The molecule has 0 bridgehead atoms. The molecule has 0 aromatic heterocycles. The third-order valence-corrected chi connectivity index (χ3v) is 5.44. The van der Waals surface area contributed by atoms with Crippen LogP contribution in [0.3, 0.4) is 0 Å². The average molecular weight is 240 g/mol. The summed E-state index contributed by atoms with van der Waals surface area (Å²) in [7, 11) is 0. The van der Waals surface area contributed by atoms with Gasteiger partial charge >= 0.3 is 0 Å². The standard InChI is InChI=1S/C17H20O/c18-17(16-14-7-3-4-8-15(14)16)13-9-11-5-1-2-6-12(11)10-13/h1-2,5-6,13-16H,3-4,7-10H2. The molecule has 2 saturated carbocycles. The Morgan fingerprint density at radius 1 is 0.944 bits per heavy atom. The van der Waals surface area contributed by atoms with Crippen molar-refractivity contribution in [2.45, 2.75) is 38.5 Å². The van der Waals surface area contributed by atoms with Gasteiger partial charge in [-0.3, -0.25) is 4.79 Å². The van der Waals surface area contributed by atoms with Crippen LogP contribution < -0.4 is 0 Å². The SMILES string of the molecule is O=C(C1Cc2ccccc2C1)C1C2CCCCC21. The Hall–Kier alpha value is -1.11. The molecule has 94 valence electrons. The minimum absolute atomic E-state index is 0.304. The average Bonchev–Trinajstić information content (AvgIpc) is 2.97. The number of carbonyl (C=O) groups excluding carboxylic acids is 1. The topological polar surface area (TPSA) is 17.1 Å². The van der Waals surface area contributed by atoms with E-state index in [0.29, 0.717) is 17.6 Å². The number of ketones is 1. The molecule has 2 unspecified atom stereocenters. The number of benzene rings is 1. The molecular formula is C17H20O. The van der Waals surface area contributed by atoms with Crippen LogP contribution in [0.1, 0.15) is 36.8 Å². The van der Waals surface area contributed by atoms with Crippen LogP contribution in [-0.4, -0.2) is 5.78 Å². The van der Waals surface area contributed by atoms with Gasteiger partial charge in [0, 0.05) is 11.8 Å². The van der Waals surface area contributed by atoms with Crippen molar-refractivity contribution in [3.63, 3.8) is 0 Å². The Morgan fingerprint density at radius 2 is 1.50 bits per heavy atom. The highest BCUT2D eigenvalue weighted by atomic mass is 16.1. The van der Waals surface area contributed by atoms with Crippen molar-refractivity contribution in [3.05, 3.63) is 35.4 Å². The predicted molar refractivity (Wildman–Crippen MR) is 71.3 cm³/mol. The molecular weight excluding hydrogens is 220 g/mol. The van der Waals surface area contributed by atoms with Crippen molar-refractivity contribution in [2.24, 2.45) is 23.7 Å². The van der Waals surface area contributed by atoms with Gasteiger partial charge in [-0.2, -0.15) is 0 Å². The van der Waals surface area contributed by atoms with Gasteiger partial charge in [0.25, 0.3) is 0 Å². The van der Waals surface area contributed by atoms with Gasteiger partial charge in [0.1, 0.15) is 5.78 Å². The highest BCUT2D eigenvalue weighted by Crippen LogP contribution is 2.57. The highest BCUT2D eigenvalue weighted by molar-refractivity contribution is 5.87. The number of hydrogen-bond donors (Lipinski definition) is 0. The van der Waals surface area contributed by atoms with Crippen molar-refractivity contribution in [3.8, 4) is 0 Å². The van der Waals surface area contributed by atoms with Crippen LogP contribution in [-0.2, 0) is 17.6 Å². The van der Waals surface area contributed by atoms with Crippen LogP contribution in [0, 0.1) is 23.7 Å². The smallest absolute Gasteiger partial charge is 0.140 e. The summed E-state index contributed by atoms with van der Waals surface area (Å²) in [6.07, 6.45) is 7.36. The minimum Gasteiger partial charge on any atom is -0.299 e. The van der Waals surface area contributed by atoms with Gasteiger partial charge in [-0.25, -0.2) is 0 Å². The molecule has 0 spiro atoms. The zero-order valence-electron chi connectivity index (χ0n) is 10.8. The van der Waals surface area contributed by atoms with E-state index in [9.17, 15) is 4.79 Å². The van der Waals surface area contributed by atoms with Crippen molar-refractivity contribution in [2.75, 3.05) is 0 Å². The quantitative estimate of drug-likeness (QED) is 0.774. The molecule has 0 saturated heterocycles. The molecule has 3 aliphatic carbocycles. The highest BCUT2D eigenvalue weighted by Gasteiger charge is 2.55. The van der Waals surface area contributed by atoms with E-state index >= 15 is 0 Å². The maximum absolute atomic E-state index is 12.6. The Kier molecular flexibility index (Phi) is 2.36. The summed E-state index contributed by atoms with van der Waals surface area (Å²) in [5.41, 5.74) is 2.83. The molecule has 0 N–H and O–H groups in total. The van der Waals surface area contributed by atoms with Gasteiger partial charge in [-0.15, -0.1) is 0 Å². The lowest BCUT2D eigenvalue weighted by atomic mass is 9.95. The fourth-order valence-corrected chi connectivity index (χ4v) is 4.45. The van der Waals surface area contributed by atoms with Gasteiger partial charge in [0.15, 0.2) is 0 Å². The molecule has 1 aromatic rings. The van der Waals surface area contributed by atoms with Crippen LogP contribution in [0.5, 0.6) is 0 Å². The van der Waals surface area contributed by atoms with Gasteiger partial charge in [0.05, 0.1) is 0 Å². The maximum atomic E-state index is 12.6. The first kappa shape index (κ1) is 10.8. The summed E-state index contributed by atoms with van der Waals surface area (Å²) in [5, 5.41) is 0. The van der Waals surface area contributed by atoms with Crippen LogP contribution >= 0.6 is 0 Å². The van der Waals surface area contributed by atoms with Crippen LogP contribution in [0.4, 0.5) is 0 Å². The predicted octanol–water partition coefficient (Wildman–Crippen LogP) is 3.41. The molecule has 0 radical (unpaired) electrons. The molecule has 18 heavy (non-hydrogen) atoms. The lowest BCUT2D eigenvalue weighted by molar-refractivity contribution is -0.124. The molecule has 1 heteroatoms. The summed E-state index contributed by atoms with van der Waals surface area (Å²) >= 11 is 0. The van der Waals surface area contributed by atoms with E-state index in [4.69, 9.17) is 0 Å². The van der Waals surface area contributed by atoms with Crippen LogP contribution in [0.15, 0.2) is 24.3 Å². The van der Waals surface area contributed by atoms with Gasteiger partial charge < -0.3 is 0 Å². The number of carbonyl (C=O) groups is 1. The van der Waals surface area contributed by atoms with E-state index < -0.39 is 0 Å². The first-order valence-electron chi connectivity index (χ1n) is 7.45. The zero-order chi connectivity index (χ0) is 12.1. The summed E-state index contributed by atoms with van der Waals surface area (Å²) in [5.74, 6) is 2.90. The maximum Gasteiger partial charge on any atom is 0.140 e. The second kappa shape index (κ2) is 3.94. The first-order valence-corrected chi connectivity index (χ1v) is 7.45. The fourth-order valence-electron chi connectivity index (χ4n) is 4.45. The number of hydrogen-bond acceptors (Lipinski definition) is 1. The number of rotatable bonds is 2. The van der Waals surface area contributed by atoms with E-state index in [1.807, 2.05) is 0 Å². The largest absolute Gasteiger partial charge is 0.299 e. The molecule has 2 atom stereocenters. The second-order valence-electron chi connectivity index (χ2n) is 6.41. The van der Waals surface area contributed by atoms with Crippen LogP contribution in [0.2, 0.25) is 0 Å². The van der Waals surface area contributed by atoms with E-state index in [-0.39, 0.29) is 0 Å². The van der Waals surface area contributed by atoms with E-state index in [2.05, 4.69) is 24.3 Å². The number of fused-ring (bicyclic) bond motifs is 2. The molecule has 3 aliphatic rings. The van der Waals surface area contributed by atoms with Crippen molar-refractivity contribution in [1.29, 1.82) is 0 Å². The lowest BCUT2D eigenvalue weighted by Gasteiger charge is -2.07. The molecule has 0 aliphatic heterocycles. The Labute approximate surface area is 109 Å². The fraction of sp³-hybridized carbons (Fsp3) is 0.588. The van der Waals surface area contributed by atoms with Gasteiger partial charge in [-0.1, -0.05) is 37.1 Å². The van der Waals surface area contributed by atoms with Crippen molar-refractivity contribution in [1.82, 2.24) is 0 Å². The van der Waals surface area contributed by atoms with Crippen LogP contribution in [0.25, 0.3) is 0 Å². The normalized spacial score (nSPS) is 33.9. The summed E-state index contributed by atoms with van der Waals surface area (Å²) in [4.78, 5) is 12.6. The third-order valence-electron chi connectivity index (χ3n) is 5.44. The summed E-state index contributed by atoms with van der Waals surface area (Å²) < 4.78 is 0. The first-order chi connectivity index (χ1) is 8.84. The van der Waals surface area contributed by atoms with E-state index in [1.54, 1.807) is 0 Å². The van der Waals surface area contributed by atoms with E-state index in [1.165, 1.54) is 36.8 Å². The summed E-state index contributed by atoms with van der Waals surface area (Å²) in [6, 6.07) is 8.59. The van der Waals surface area contributed by atoms with Gasteiger partial charge in [-0.05, 0) is 48.6 Å². The van der Waals surface area contributed by atoms with Gasteiger partial charge in [0.2, 0.25) is 0 Å². The Bertz CT molecular complexity index is 453. The molecule has 1 nitrogen and oxygen atoms in total. The third kappa shape index (κ3) is 1.56. The minimum atomic E-state index is 0.304. The molecule has 2 fully saturated rings. The number of Topliss-reactive ketones (excluding diaryl/α,β-unsaturated/α-hetero) is 1. The molecule has 0 heterocycles. The molecule has 0 amide bonds. The molecule has 1 aromatic carbocycles. The molecule has 4 rings (SSSR count).